The number of aryl methyl sites for hydroxylation is 1. The van der Waals surface area contributed by atoms with Crippen LogP contribution in [0.25, 0.3) is 0 Å². The first-order valence-electron chi connectivity index (χ1n) is 5.78. The number of benzene rings is 1. The van der Waals surface area contributed by atoms with E-state index in [0.717, 1.165) is 0 Å². The quantitative estimate of drug-likeness (QED) is 0.734. The minimum atomic E-state index is -4.07. The summed E-state index contributed by atoms with van der Waals surface area (Å²) in [6.45, 7) is 5.80. The first-order chi connectivity index (χ1) is 8.78. The maximum Gasteiger partial charge on any atom is 0.444 e. The van der Waals surface area contributed by atoms with E-state index in [4.69, 9.17) is 4.74 Å². The van der Waals surface area contributed by atoms with Crippen LogP contribution in [0.2, 0.25) is 0 Å². The molecule has 1 rings (SSSR count). The highest BCUT2D eigenvalue weighted by molar-refractivity contribution is 6.20. The van der Waals surface area contributed by atoms with E-state index in [0.29, 0.717) is 11.3 Å². The summed E-state index contributed by atoms with van der Waals surface area (Å²) in [6, 6.07) is 4.34. The average Bonchev–Trinajstić information content (AvgIpc) is 2.32. The highest BCUT2D eigenvalue weighted by Crippen LogP contribution is 2.32. The van der Waals surface area contributed by atoms with Gasteiger partial charge in [0.2, 0.25) is 0 Å². The number of halogens is 4. The van der Waals surface area contributed by atoms with Crippen molar-refractivity contribution in [3.63, 3.8) is 0 Å². The predicted octanol–water partition coefficient (Wildman–Crippen LogP) is 4.93. The minimum Gasteiger partial charge on any atom is -0.497 e. The summed E-state index contributed by atoms with van der Waals surface area (Å²) in [6.07, 6.45) is -2.82. The lowest BCUT2D eigenvalue weighted by Crippen LogP contribution is -2.33. The van der Waals surface area contributed by atoms with E-state index in [1.165, 1.54) is 25.7 Å². The first kappa shape index (κ1) is 17.9. The summed E-state index contributed by atoms with van der Waals surface area (Å²) in [4.78, 5) is 0. The summed E-state index contributed by atoms with van der Waals surface area (Å²) >= 11 is 4.67. The fraction of sp³-hybridized carbons (Fsp3) is 0.538. The van der Waals surface area contributed by atoms with Crippen LogP contribution in [0.3, 0.4) is 0 Å². The van der Waals surface area contributed by atoms with Gasteiger partial charge in [-0.25, -0.2) is 4.39 Å². The van der Waals surface area contributed by atoms with Crippen molar-refractivity contribution in [2.75, 3.05) is 7.11 Å². The van der Waals surface area contributed by atoms with Gasteiger partial charge in [-0.2, -0.15) is 8.78 Å². The lowest BCUT2D eigenvalue weighted by Gasteiger charge is -2.19. The third-order valence-electron chi connectivity index (χ3n) is 1.90. The van der Waals surface area contributed by atoms with Gasteiger partial charge in [0.15, 0.2) is 0 Å². The normalized spacial score (nSPS) is 12.2. The predicted molar refractivity (Wildman–Crippen MR) is 70.0 cm³/mol. The summed E-state index contributed by atoms with van der Waals surface area (Å²) in [5, 5.41) is 0. The summed E-state index contributed by atoms with van der Waals surface area (Å²) in [5.74, 6) is 0.161. The molecule has 0 aliphatic rings. The Bertz CT molecular complexity index is 384. The zero-order valence-electron chi connectivity index (χ0n) is 11.3. The van der Waals surface area contributed by atoms with Crippen molar-refractivity contribution in [1.29, 1.82) is 0 Å². The molecule has 0 saturated carbocycles. The molecule has 0 aliphatic carbocycles. The Balaban J connectivity index is 0.000000982. The van der Waals surface area contributed by atoms with Gasteiger partial charge in [-0.3, -0.25) is 0 Å². The molecule has 0 spiro atoms. The van der Waals surface area contributed by atoms with Crippen molar-refractivity contribution in [1.82, 2.24) is 0 Å². The van der Waals surface area contributed by atoms with Crippen molar-refractivity contribution < 1.29 is 22.6 Å². The Kier molecular flexibility index (Phi) is 7.68. The van der Waals surface area contributed by atoms with Crippen LogP contribution in [0.15, 0.2) is 18.2 Å². The second-order valence-corrected chi connectivity index (χ2v) is 4.19. The zero-order chi connectivity index (χ0) is 15.1. The number of methoxy groups -OCH3 is 1. The van der Waals surface area contributed by atoms with Gasteiger partial charge < -0.3 is 9.47 Å². The lowest BCUT2D eigenvalue weighted by molar-refractivity contribution is -0.199. The Labute approximate surface area is 116 Å². The topological polar surface area (TPSA) is 18.5 Å². The van der Waals surface area contributed by atoms with Crippen molar-refractivity contribution in [2.24, 2.45) is 0 Å². The van der Waals surface area contributed by atoms with Crippen LogP contribution in [0.5, 0.6) is 11.5 Å². The molecule has 0 radical (unpaired) electrons. The monoisotopic (exact) mass is 298 g/mol. The van der Waals surface area contributed by atoms with Crippen LogP contribution in [-0.2, 0) is 0 Å². The molecule has 0 aromatic heterocycles. The lowest BCUT2D eigenvalue weighted by atomic mass is 10.2. The van der Waals surface area contributed by atoms with Crippen molar-refractivity contribution in [3.05, 3.63) is 23.8 Å². The van der Waals surface area contributed by atoms with Crippen LogP contribution in [0.1, 0.15) is 25.8 Å². The molecule has 6 heteroatoms. The number of ether oxygens (including phenoxy) is 2. The molecule has 19 heavy (non-hydrogen) atoms. The SMILES string of the molecule is CCC.COc1ccc(C)c(OC(F)(F)C(F)Cl)c1. The maximum absolute atomic E-state index is 12.9. The molecule has 1 aromatic rings. The van der Waals surface area contributed by atoms with Gasteiger partial charge in [0.1, 0.15) is 11.5 Å². The molecule has 1 aromatic carbocycles. The van der Waals surface area contributed by atoms with Crippen molar-refractivity contribution >= 4 is 11.6 Å². The third kappa shape index (κ3) is 6.05. The molecule has 0 aliphatic heterocycles. The van der Waals surface area contributed by atoms with E-state index in [9.17, 15) is 13.2 Å². The minimum absolute atomic E-state index is 0.173. The van der Waals surface area contributed by atoms with Gasteiger partial charge in [-0.1, -0.05) is 37.9 Å². The van der Waals surface area contributed by atoms with Gasteiger partial charge in [0, 0.05) is 6.07 Å². The van der Waals surface area contributed by atoms with Crippen molar-refractivity contribution in [2.45, 2.75) is 38.9 Å². The molecule has 0 heterocycles. The van der Waals surface area contributed by atoms with Gasteiger partial charge in [0.25, 0.3) is 5.63 Å². The van der Waals surface area contributed by atoms with Crippen LogP contribution in [0.4, 0.5) is 13.2 Å². The molecule has 0 N–H and O–H groups in total. The van der Waals surface area contributed by atoms with Crippen LogP contribution in [-0.4, -0.2) is 18.8 Å². The Morgan fingerprint density at radius 2 is 1.84 bits per heavy atom. The Hall–Kier alpha value is -1.10. The molecule has 0 saturated heterocycles. The van der Waals surface area contributed by atoms with Crippen LogP contribution < -0.4 is 9.47 Å². The van der Waals surface area contributed by atoms with E-state index in [2.05, 4.69) is 30.2 Å². The van der Waals surface area contributed by atoms with E-state index >= 15 is 0 Å². The van der Waals surface area contributed by atoms with Crippen LogP contribution in [0, 0.1) is 6.92 Å². The highest BCUT2D eigenvalue weighted by Gasteiger charge is 2.42. The fourth-order valence-electron chi connectivity index (χ4n) is 1.01. The van der Waals surface area contributed by atoms with Gasteiger partial charge in [-0.15, -0.1) is 0 Å². The van der Waals surface area contributed by atoms with E-state index < -0.39 is 11.7 Å². The molecule has 0 fully saturated rings. The zero-order valence-corrected chi connectivity index (χ0v) is 12.1. The highest BCUT2D eigenvalue weighted by atomic mass is 35.5. The maximum atomic E-state index is 12.9. The van der Waals surface area contributed by atoms with Crippen LogP contribution >= 0.6 is 11.6 Å². The van der Waals surface area contributed by atoms with E-state index in [1.807, 2.05) is 0 Å². The fourth-order valence-corrected chi connectivity index (χ4v) is 1.05. The molecular weight excluding hydrogens is 281 g/mol. The smallest absolute Gasteiger partial charge is 0.444 e. The summed E-state index contributed by atoms with van der Waals surface area (Å²) < 4.78 is 47.1. The molecule has 0 amide bonds. The summed E-state index contributed by atoms with van der Waals surface area (Å²) in [7, 11) is 1.38. The molecule has 2 nitrogen and oxygen atoms in total. The molecule has 110 valence electrons. The largest absolute Gasteiger partial charge is 0.497 e. The number of alkyl halides is 4. The molecular formula is C13H18ClF3O2. The number of rotatable bonds is 4. The van der Waals surface area contributed by atoms with Gasteiger partial charge in [-0.05, 0) is 18.6 Å². The van der Waals surface area contributed by atoms with E-state index in [1.54, 1.807) is 13.0 Å². The second-order valence-electron chi connectivity index (χ2n) is 3.80. The number of hydrogen-bond donors (Lipinski definition) is 0. The first-order valence-corrected chi connectivity index (χ1v) is 6.21. The van der Waals surface area contributed by atoms with Gasteiger partial charge >= 0.3 is 6.11 Å². The molecule has 0 bridgehead atoms. The number of hydrogen-bond acceptors (Lipinski definition) is 2. The third-order valence-corrected chi connectivity index (χ3v) is 2.15. The summed E-state index contributed by atoms with van der Waals surface area (Å²) in [5.41, 5.74) is -2.48. The van der Waals surface area contributed by atoms with E-state index in [-0.39, 0.29) is 5.75 Å². The Morgan fingerprint density at radius 1 is 1.32 bits per heavy atom. The Morgan fingerprint density at radius 3 is 2.26 bits per heavy atom. The molecule has 1 unspecified atom stereocenters. The second kappa shape index (κ2) is 8.15. The average molecular weight is 299 g/mol. The van der Waals surface area contributed by atoms with Crippen molar-refractivity contribution in [3.8, 4) is 11.5 Å². The standard InChI is InChI=1S/C10H10ClF3O2.C3H8/c1-6-3-4-7(15-2)5-8(6)16-10(13,14)9(11)12;1-3-2/h3-5,9H,1-2H3;3H2,1-2H3. The molecule has 1 atom stereocenters. The van der Waals surface area contributed by atoms with Gasteiger partial charge in [0.05, 0.1) is 7.11 Å².